The SMILES string of the molecule is Cc1noc(-c2ccc(Br)cc2)c1CNCc1ccccc1. The molecule has 0 radical (unpaired) electrons. The van der Waals surface area contributed by atoms with Crippen LogP contribution in [0.15, 0.2) is 63.6 Å². The Morgan fingerprint density at radius 1 is 1.00 bits per heavy atom. The van der Waals surface area contributed by atoms with Gasteiger partial charge in [0, 0.05) is 28.7 Å². The van der Waals surface area contributed by atoms with Gasteiger partial charge in [0.2, 0.25) is 0 Å². The molecule has 0 amide bonds. The summed E-state index contributed by atoms with van der Waals surface area (Å²) in [6, 6.07) is 18.4. The van der Waals surface area contributed by atoms with Crippen molar-refractivity contribution in [3.05, 3.63) is 75.9 Å². The molecule has 3 aromatic rings. The van der Waals surface area contributed by atoms with Crippen LogP contribution < -0.4 is 5.32 Å². The first-order valence-electron chi connectivity index (χ1n) is 7.20. The van der Waals surface area contributed by atoms with Crippen molar-refractivity contribution >= 4 is 15.9 Å². The summed E-state index contributed by atoms with van der Waals surface area (Å²) in [5, 5.41) is 7.57. The quantitative estimate of drug-likeness (QED) is 0.719. The van der Waals surface area contributed by atoms with Crippen molar-refractivity contribution < 1.29 is 4.52 Å². The normalized spacial score (nSPS) is 10.8. The molecule has 1 N–H and O–H groups in total. The van der Waals surface area contributed by atoms with E-state index in [1.54, 1.807) is 0 Å². The Balaban J connectivity index is 1.74. The molecule has 3 nitrogen and oxygen atoms in total. The van der Waals surface area contributed by atoms with E-state index in [0.717, 1.165) is 40.1 Å². The fourth-order valence-electron chi connectivity index (χ4n) is 2.35. The highest BCUT2D eigenvalue weighted by atomic mass is 79.9. The highest BCUT2D eigenvalue weighted by Gasteiger charge is 2.14. The fourth-order valence-corrected chi connectivity index (χ4v) is 2.62. The number of hydrogen-bond donors (Lipinski definition) is 1. The summed E-state index contributed by atoms with van der Waals surface area (Å²) in [5.41, 5.74) is 4.35. The molecule has 2 aromatic carbocycles. The lowest BCUT2D eigenvalue weighted by Crippen LogP contribution is -2.13. The van der Waals surface area contributed by atoms with Crippen LogP contribution in [0, 0.1) is 6.92 Å². The van der Waals surface area contributed by atoms with Crippen LogP contribution in [0.1, 0.15) is 16.8 Å². The maximum absolute atomic E-state index is 5.52. The maximum atomic E-state index is 5.52. The number of aryl methyl sites for hydroxylation is 1. The average Bonchev–Trinajstić information content (AvgIpc) is 2.90. The third-order valence-corrected chi connectivity index (χ3v) is 4.09. The number of nitrogens with one attached hydrogen (secondary N) is 1. The molecule has 1 aromatic heterocycles. The van der Waals surface area contributed by atoms with Crippen LogP contribution in [0.4, 0.5) is 0 Å². The molecule has 0 unspecified atom stereocenters. The van der Waals surface area contributed by atoms with Crippen molar-refractivity contribution in [2.75, 3.05) is 0 Å². The van der Waals surface area contributed by atoms with Crippen molar-refractivity contribution in [1.82, 2.24) is 10.5 Å². The van der Waals surface area contributed by atoms with Crippen LogP contribution in [0.5, 0.6) is 0 Å². The smallest absolute Gasteiger partial charge is 0.171 e. The molecular formula is C18H17BrN2O. The highest BCUT2D eigenvalue weighted by Crippen LogP contribution is 2.27. The fraction of sp³-hybridized carbons (Fsp3) is 0.167. The number of aromatic nitrogens is 1. The predicted molar refractivity (Wildman–Crippen MR) is 91.4 cm³/mol. The van der Waals surface area contributed by atoms with E-state index in [0.29, 0.717) is 0 Å². The molecule has 112 valence electrons. The lowest BCUT2D eigenvalue weighted by Gasteiger charge is -2.06. The Hall–Kier alpha value is -1.91. The lowest BCUT2D eigenvalue weighted by molar-refractivity contribution is 0.426. The van der Waals surface area contributed by atoms with Gasteiger partial charge in [-0.25, -0.2) is 0 Å². The van der Waals surface area contributed by atoms with Crippen molar-refractivity contribution in [3.8, 4) is 11.3 Å². The molecule has 0 saturated carbocycles. The number of hydrogen-bond acceptors (Lipinski definition) is 3. The largest absolute Gasteiger partial charge is 0.356 e. The molecule has 0 saturated heterocycles. The number of benzene rings is 2. The van der Waals surface area contributed by atoms with Gasteiger partial charge in [-0.3, -0.25) is 0 Å². The first-order valence-corrected chi connectivity index (χ1v) is 7.99. The van der Waals surface area contributed by atoms with E-state index in [1.807, 2.05) is 37.3 Å². The van der Waals surface area contributed by atoms with E-state index < -0.39 is 0 Å². The minimum absolute atomic E-state index is 0.732. The summed E-state index contributed by atoms with van der Waals surface area (Å²) in [5.74, 6) is 0.838. The molecule has 0 bridgehead atoms. The monoisotopic (exact) mass is 356 g/mol. The van der Waals surface area contributed by atoms with Gasteiger partial charge in [-0.2, -0.15) is 0 Å². The van der Waals surface area contributed by atoms with Crippen molar-refractivity contribution in [3.63, 3.8) is 0 Å². The van der Waals surface area contributed by atoms with Crippen molar-refractivity contribution in [2.24, 2.45) is 0 Å². The minimum Gasteiger partial charge on any atom is -0.356 e. The molecule has 22 heavy (non-hydrogen) atoms. The zero-order valence-corrected chi connectivity index (χ0v) is 13.9. The number of rotatable bonds is 5. The summed E-state index contributed by atoms with van der Waals surface area (Å²) in [6.45, 7) is 3.53. The topological polar surface area (TPSA) is 38.1 Å². The second-order valence-corrected chi connectivity index (χ2v) is 6.09. The zero-order chi connectivity index (χ0) is 15.4. The molecule has 0 aliphatic carbocycles. The third kappa shape index (κ3) is 3.46. The van der Waals surface area contributed by atoms with E-state index in [4.69, 9.17) is 4.52 Å². The van der Waals surface area contributed by atoms with Crippen molar-refractivity contribution in [2.45, 2.75) is 20.0 Å². The van der Waals surface area contributed by atoms with Gasteiger partial charge < -0.3 is 9.84 Å². The van der Waals surface area contributed by atoms with Crippen LogP contribution in [-0.2, 0) is 13.1 Å². The Labute approximate surface area is 138 Å². The van der Waals surface area contributed by atoms with E-state index in [1.165, 1.54) is 5.56 Å². The van der Waals surface area contributed by atoms with Gasteiger partial charge in [-0.05, 0) is 24.6 Å². The van der Waals surface area contributed by atoms with Crippen LogP contribution >= 0.6 is 15.9 Å². The summed E-state index contributed by atoms with van der Waals surface area (Å²) in [6.07, 6.45) is 0. The zero-order valence-electron chi connectivity index (χ0n) is 12.3. The standard InChI is InChI=1S/C18H17BrN2O/c1-13-17(12-20-11-14-5-3-2-4-6-14)18(22-21-13)15-7-9-16(19)10-8-15/h2-10,20H,11-12H2,1H3. The highest BCUT2D eigenvalue weighted by molar-refractivity contribution is 9.10. The number of halogens is 1. The van der Waals surface area contributed by atoms with E-state index in [-0.39, 0.29) is 0 Å². The second kappa shape index (κ2) is 6.90. The molecule has 0 aliphatic rings. The van der Waals surface area contributed by atoms with Gasteiger partial charge in [0.15, 0.2) is 5.76 Å². The van der Waals surface area contributed by atoms with Gasteiger partial charge in [0.05, 0.1) is 5.69 Å². The summed E-state index contributed by atoms with van der Waals surface area (Å²) < 4.78 is 6.57. The van der Waals surface area contributed by atoms with Crippen LogP contribution in [-0.4, -0.2) is 5.16 Å². The summed E-state index contributed by atoms with van der Waals surface area (Å²) >= 11 is 3.45. The Morgan fingerprint density at radius 2 is 1.73 bits per heavy atom. The summed E-state index contributed by atoms with van der Waals surface area (Å²) in [4.78, 5) is 0. The van der Waals surface area contributed by atoms with Gasteiger partial charge in [-0.15, -0.1) is 0 Å². The first kappa shape index (κ1) is 15.0. The van der Waals surface area contributed by atoms with Crippen LogP contribution in [0.3, 0.4) is 0 Å². The molecule has 1 heterocycles. The Kier molecular flexibility index (Phi) is 4.71. The molecule has 0 fully saturated rings. The lowest BCUT2D eigenvalue weighted by atomic mass is 10.1. The van der Waals surface area contributed by atoms with E-state index in [2.05, 4.69) is 50.7 Å². The summed E-state index contributed by atoms with van der Waals surface area (Å²) in [7, 11) is 0. The van der Waals surface area contributed by atoms with Gasteiger partial charge >= 0.3 is 0 Å². The third-order valence-electron chi connectivity index (χ3n) is 3.56. The van der Waals surface area contributed by atoms with E-state index in [9.17, 15) is 0 Å². The van der Waals surface area contributed by atoms with E-state index >= 15 is 0 Å². The van der Waals surface area contributed by atoms with Gasteiger partial charge in [0.25, 0.3) is 0 Å². The van der Waals surface area contributed by atoms with Crippen LogP contribution in [0.2, 0.25) is 0 Å². The Bertz CT molecular complexity index is 736. The average molecular weight is 357 g/mol. The molecule has 0 spiro atoms. The molecular weight excluding hydrogens is 340 g/mol. The minimum atomic E-state index is 0.732. The first-order chi connectivity index (χ1) is 10.7. The molecule has 3 rings (SSSR count). The molecule has 0 aliphatic heterocycles. The van der Waals surface area contributed by atoms with Gasteiger partial charge in [-0.1, -0.05) is 63.6 Å². The maximum Gasteiger partial charge on any atom is 0.171 e. The molecule has 0 atom stereocenters. The van der Waals surface area contributed by atoms with Gasteiger partial charge in [0.1, 0.15) is 0 Å². The second-order valence-electron chi connectivity index (χ2n) is 5.17. The molecule has 4 heteroatoms. The number of nitrogens with zero attached hydrogens (tertiary/aromatic N) is 1. The predicted octanol–water partition coefficient (Wildman–Crippen LogP) is 4.70. The Morgan fingerprint density at radius 3 is 2.45 bits per heavy atom. The van der Waals surface area contributed by atoms with Crippen molar-refractivity contribution in [1.29, 1.82) is 0 Å². The van der Waals surface area contributed by atoms with Crippen LogP contribution in [0.25, 0.3) is 11.3 Å².